The van der Waals surface area contributed by atoms with Gasteiger partial charge in [-0.25, -0.2) is 0 Å². The summed E-state index contributed by atoms with van der Waals surface area (Å²) in [7, 11) is -1.45. The Morgan fingerprint density at radius 2 is 1.58 bits per heavy atom. The molecule has 4 rings (SSSR count). The average Bonchev–Trinajstić information content (AvgIpc) is 3.08. The van der Waals surface area contributed by atoms with Crippen LogP contribution in [0, 0.1) is 52.3 Å². The van der Waals surface area contributed by atoms with Gasteiger partial charge in [0.15, 0.2) is 8.32 Å². The van der Waals surface area contributed by atoms with Gasteiger partial charge < -0.3 is 4.43 Å². The fraction of sp³-hybridized carbons (Fsp3) is 0.871. The number of hydrogen-bond donors (Lipinski definition) is 0. The molecule has 0 radical (unpaired) electrons. The molecule has 0 heterocycles. The van der Waals surface area contributed by atoms with E-state index in [-0.39, 0.29) is 0 Å². The van der Waals surface area contributed by atoms with E-state index in [1.54, 1.807) is 0 Å². The highest BCUT2D eigenvalue weighted by molar-refractivity contribution is 6.69. The molecule has 0 aliphatic heterocycles. The molecule has 188 valence electrons. The lowest BCUT2D eigenvalue weighted by molar-refractivity contribution is -0.0369. The highest BCUT2D eigenvalue weighted by Crippen LogP contribution is 2.67. The predicted molar refractivity (Wildman–Crippen MR) is 146 cm³/mol. The van der Waals surface area contributed by atoms with Gasteiger partial charge in [-0.15, -0.1) is 0 Å². The fourth-order valence-electron chi connectivity index (χ4n) is 8.69. The van der Waals surface area contributed by atoms with Gasteiger partial charge in [-0.3, -0.25) is 0 Å². The first kappa shape index (κ1) is 25.7. The summed E-state index contributed by atoms with van der Waals surface area (Å²) in [5.74, 6) is 5.50. The molecular formula is C31H54OSi. The molecule has 0 aromatic carbocycles. The van der Waals surface area contributed by atoms with E-state index in [9.17, 15) is 0 Å². The molecule has 0 spiro atoms. The Morgan fingerprint density at radius 1 is 0.909 bits per heavy atom. The van der Waals surface area contributed by atoms with Gasteiger partial charge in [-0.05, 0) is 123 Å². The van der Waals surface area contributed by atoms with Crippen molar-refractivity contribution in [3.8, 4) is 0 Å². The molecule has 0 aromatic rings. The molecule has 9 atom stereocenters. The van der Waals surface area contributed by atoms with Gasteiger partial charge in [0.05, 0.1) is 0 Å². The standard InChI is InChI=1S/C31H54OSi/c1-21(2)22(3)10-11-23(4)27-14-15-28-26-13-12-24-20-25(32-33(7,8)9)16-18-30(24,5)29(26)17-19-31(27,28)6/h10-11,13,21-25,27-29H,12,14-20H2,1-9H3/b11-10+/t22-,23+,24-,25?,27+,28-,29-,30-,31+/m0/s1. The van der Waals surface area contributed by atoms with Crippen LogP contribution in [0.1, 0.15) is 92.9 Å². The first-order chi connectivity index (χ1) is 15.3. The Balaban J connectivity index is 1.50. The molecule has 3 fully saturated rings. The van der Waals surface area contributed by atoms with Gasteiger partial charge in [0.1, 0.15) is 0 Å². The minimum Gasteiger partial charge on any atom is -0.415 e. The smallest absolute Gasteiger partial charge is 0.184 e. The summed E-state index contributed by atoms with van der Waals surface area (Å²) >= 11 is 0. The van der Waals surface area contributed by atoms with Crippen molar-refractivity contribution in [1.82, 2.24) is 0 Å². The molecule has 2 heteroatoms. The molecule has 33 heavy (non-hydrogen) atoms. The van der Waals surface area contributed by atoms with Gasteiger partial charge >= 0.3 is 0 Å². The van der Waals surface area contributed by atoms with Crippen molar-refractivity contribution < 1.29 is 4.43 Å². The molecule has 0 saturated heterocycles. The summed E-state index contributed by atoms with van der Waals surface area (Å²) in [6.07, 6.45) is 19.4. The zero-order valence-corrected chi connectivity index (χ0v) is 24.4. The van der Waals surface area contributed by atoms with Gasteiger partial charge in [0.2, 0.25) is 0 Å². The highest BCUT2D eigenvalue weighted by Gasteiger charge is 2.58. The molecule has 0 aromatic heterocycles. The normalized spacial score (nSPS) is 43.1. The van der Waals surface area contributed by atoms with Crippen molar-refractivity contribution in [2.75, 3.05) is 0 Å². The molecule has 1 unspecified atom stereocenters. The first-order valence-corrected chi connectivity index (χ1v) is 17.8. The third kappa shape index (κ3) is 4.86. The summed E-state index contributed by atoms with van der Waals surface area (Å²) in [5.41, 5.74) is 2.93. The molecule has 0 bridgehead atoms. The molecule has 0 amide bonds. The van der Waals surface area contributed by atoms with E-state index in [1.165, 1.54) is 51.4 Å². The first-order valence-electron chi connectivity index (χ1n) is 14.4. The van der Waals surface area contributed by atoms with E-state index >= 15 is 0 Å². The Hall–Kier alpha value is -0.343. The second-order valence-electron chi connectivity index (χ2n) is 14.4. The van der Waals surface area contributed by atoms with Crippen molar-refractivity contribution in [2.24, 2.45) is 52.3 Å². The largest absolute Gasteiger partial charge is 0.415 e. The number of allylic oxidation sites excluding steroid dienone is 4. The topological polar surface area (TPSA) is 9.23 Å². The fourth-order valence-corrected chi connectivity index (χ4v) is 9.91. The summed E-state index contributed by atoms with van der Waals surface area (Å²) in [6.45, 7) is 22.0. The van der Waals surface area contributed by atoms with Crippen molar-refractivity contribution in [3.63, 3.8) is 0 Å². The van der Waals surface area contributed by atoms with Crippen LogP contribution in [0.4, 0.5) is 0 Å². The van der Waals surface area contributed by atoms with Crippen molar-refractivity contribution in [1.29, 1.82) is 0 Å². The van der Waals surface area contributed by atoms with E-state index in [4.69, 9.17) is 4.43 Å². The van der Waals surface area contributed by atoms with E-state index in [2.05, 4.69) is 79.4 Å². The van der Waals surface area contributed by atoms with E-state index in [0.29, 0.717) is 28.8 Å². The summed E-state index contributed by atoms with van der Waals surface area (Å²) in [4.78, 5) is 0. The quantitative estimate of drug-likeness (QED) is 0.277. The maximum Gasteiger partial charge on any atom is 0.184 e. The van der Waals surface area contributed by atoms with E-state index < -0.39 is 8.32 Å². The number of rotatable bonds is 6. The average molecular weight is 471 g/mol. The summed E-state index contributed by atoms with van der Waals surface area (Å²) in [6, 6.07) is 0. The third-order valence-corrected chi connectivity index (χ3v) is 12.1. The van der Waals surface area contributed by atoms with Gasteiger partial charge in [0.25, 0.3) is 0 Å². The predicted octanol–water partition coefficient (Wildman–Crippen LogP) is 9.27. The van der Waals surface area contributed by atoms with Crippen LogP contribution in [0.15, 0.2) is 23.8 Å². The highest BCUT2D eigenvalue weighted by atomic mass is 28.4. The van der Waals surface area contributed by atoms with Crippen LogP contribution in [-0.2, 0) is 4.43 Å². The minimum absolute atomic E-state index is 0.508. The summed E-state index contributed by atoms with van der Waals surface area (Å²) < 4.78 is 6.60. The number of hydrogen-bond acceptors (Lipinski definition) is 1. The maximum absolute atomic E-state index is 6.60. The molecule has 3 saturated carbocycles. The monoisotopic (exact) mass is 470 g/mol. The zero-order valence-electron chi connectivity index (χ0n) is 23.4. The van der Waals surface area contributed by atoms with Crippen molar-refractivity contribution in [2.45, 2.75) is 119 Å². The van der Waals surface area contributed by atoms with Crippen molar-refractivity contribution >= 4 is 8.32 Å². The molecule has 0 N–H and O–H groups in total. The van der Waals surface area contributed by atoms with Crippen molar-refractivity contribution in [3.05, 3.63) is 23.8 Å². The van der Waals surface area contributed by atoms with Crippen LogP contribution in [-0.4, -0.2) is 14.4 Å². The number of fused-ring (bicyclic) bond motifs is 5. The Morgan fingerprint density at radius 3 is 2.24 bits per heavy atom. The molecular weight excluding hydrogens is 416 g/mol. The third-order valence-electron chi connectivity index (χ3n) is 11.0. The second-order valence-corrected chi connectivity index (χ2v) is 18.9. The minimum atomic E-state index is -1.45. The molecule has 4 aliphatic carbocycles. The zero-order chi connectivity index (χ0) is 24.2. The lowest BCUT2D eigenvalue weighted by Gasteiger charge is -2.58. The maximum atomic E-state index is 6.60. The lowest BCUT2D eigenvalue weighted by atomic mass is 9.47. The SMILES string of the molecule is CC(C)[C@@H](C)/C=C/[C@@H](C)[C@H]1CC[C@H]2C3=CC[C@H]4CC(O[Si](C)(C)C)CC[C@]4(C)[C@H]3CC[C@]12C. The van der Waals surface area contributed by atoms with Crippen LogP contribution in [0.2, 0.25) is 19.6 Å². The Labute approximate surface area is 207 Å². The van der Waals surface area contributed by atoms with Crippen LogP contribution in [0.25, 0.3) is 0 Å². The van der Waals surface area contributed by atoms with Crippen LogP contribution >= 0.6 is 0 Å². The Bertz CT molecular complexity index is 759. The second kappa shape index (κ2) is 9.27. The van der Waals surface area contributed by atoms with Gasteiger partial charge in [0, 0.05) is 6.10 Å². The van der Waals surface area contributed by atoms with Crippen LogP contribution < -0.4 is 0 Å². The van der Waals surface area contributed by atoms with E-state index in [1.807, 2.05) is 5.57 Å². The van der Waals surface area contributed by atoms with Crippen LogP contribution in [0.3, 0.4) is 0 Å². The van der Waals surface area contributed by atoms with Crippen LogP contribution in [0.5, 0.6) is 0 Å². The molecule has 1 nitrogen and oxygen atoms in total. The molecule has 4 aliphatic rings. The van der Waals surface area contributed by atoms with Gasteiger partial charge in [-0.2, -0.15) is 0 Å². The Kier molecular flexibility index (Phi) is 7.23. The summed E-state index contributed by atoms with van der Waals surface area (Å²) in [5, 5.41) is 0. The lowest BCUT2D eigenvalue weighted by Crippen LogP contribution is -2.50. The van der Waals surface area contributed by atoms with Gasteiger partial charge in [-0.1, -0.05) is 65.3 Å². The van der Waals surface area contributed by atoms with E-state index in [0.717, 1.165) is 29.6 Å².